The molecule has 1 fully saturated rings. The third kappa shape index (κ3) is 2.93. The second-order valence-electron chi connectivity index (χ2n) is 6.34. The van der Waals surface area contributed by atoms with Gasteiger partial charge in [-0.05, 0) is 12.5 Å². The molecule has 5 heteroatoms. The summed E-state index contributed by atoms with van der Waals surface area (Å²) in [4.78, 5) is 36.8. The van der Waals surface area contributed by atoms with Crippen molar-refractivity contribution in [2.75, 3.05) is 0 Å². The zero-order valence-electron chi connectivity index (χ0n) is 13.7. The maximum absolute atomic E-state index is 12.6. The molecule has 1 N–H and O–H groups in total. The largest absolute Gasteiger partial charge is 0.480 e. The van der Waals surface area contributed by atoms with Crippen molar-refractivity contribution in [3.63, 3.8) is 0 Å². The number of benzene rings is 2. The van der Waals surface area contributed by atoms with Crippen molar-refractivity contribution >= 4 is 17.7 Å². The molecule has 2 aromatic carbocycles. The van der Waals surface area contributed by atoms with Gasteiger partial charge in [-0.1, -0.05) is 60.7 Å². The number of hydrogen-bond donors (Lipinski definition) is 1. The second-order valence-corrected chi connectivity index (χ2v) is 6.34. The van der Waals surface area contributed by atoms with E-state index in [0.717, 1.165) is 0 Å². The fourth-order valence-corrected chi connectivity index (χ4v) is 3.22. The summed E-state index contributed by atoms with van der Waals surface area (Å²) in [5, 5.41) is 9.65. The van der Waals surface area contributed by atoms with Crippen LogP contribution in [-0.4, -0.2) is 22.8 Å². The topological polar surface area (TPSA) is 80.7 Å². The van der Waals surface area contributed by atoms with Gasteiger partial charge in [0.05, 0.1) is 0 Å². The third-order valence-electron chi connectivity index (χ3n) is 4.84. The van der Waals surface area contributed by atoms with E-state index in [9.17, 15) is 19.5 Å². The summed E-state index contributed by atoms with van der Waals surface area (Å²) in [6, 6.07) is 17.6. The Balaban J connectivity index is 1.98. The van der Waals surface area contributed by atoms with Crippen LogP contribution < -0.4 is 0 Å². The van der Waals surface area contributed by atoms with E-state index in [1.54, 1.807) is 54.6 Å². The number of esters is 1. The van der Waals surface area contributed by atoms with E-state index in [1.807, 2.05) is 6.07 Å². The van der Waals surface area contributed by atoms with Crippen molar-refractivity contribution in [3.05, 3.63) is 71.8 Å². The van der Waals surface area contributed by atoms with Crippen LogP contribution in [0.2, 0.25) is 0 Å². The van der Waals surface area contributed by atoms with Gasteiger partial charge in [-0.2, -0.15) is 0 Å². The minimum absolute atomic E-state index is 0.0852. The highest BCUT2D eigenvalue weighted by atomic mass is 16.6. The molecule has 3 unspecified atom stereocenters. The Hall–Kier alpha value is -2.95. The van der Waals surface area contributed by atoms with E-state index in [4.69, 9.17) is 4.74 Å². The van der Waals surface area contributed by atoms with Crippen molar-refractivity contribution in [2.45, 2.75) is 19.4 Å². The number of rotatable bonds is 5. The lowest BCUT2D eigenvalue weighted by atomic mass is 9.72. The number of carboxylic acid groups (broad SMARTS) is 1. The lowest BCUT2D eigenvalue weighted by Crippen LogP contribution is -2.39. The zero-order valence-corrected chi connectivity index (χ0v) is 13.7. The van der Waals surface area contributed by atoms with Crippen LogP contribution >= 0.6 is 0 Å². The molecule has 0 amide bonds. The molecule has 1 heterocycles. The van der Waals surface area contributed by atoms with E-state index in [-0.39, 0.29) is 12.2 Å². The molecule has 0 radical (unpaired) electrons. The van der Waals surface area contributed by atoms with Crippen LogP contribution in [0, 0.1) is 11.3 Å². The van der Waals surface area contributed by atoms with Gasteiger partial charge in [-0.3, -0.25) is 14.4 Å². The molecule has 128 valence electrons. The van der Waals surface area contributed by atoms with Crippen LogP contribution in [0.5, 0.6) is 0 Å². The quantitative estimate of drug-likeness (QED) is 0.514. The Kier molecular flexibility index (Phi) is 4.40. The highest BCUT2D eigenvalue weighted by Crippen LogP contribution is 2.49. The SMILES string of the molecule is CC1(C(=O)O)C(=O)OC(c2ccccc2)C1CC(=O)c1ccccc1. The molecule has 0 saturated carbocycles. The van der Waals surface area contributed by atoms with Gasteiger partial charge in [0.25, 0.3) is 0 Å². The van der Waals surface area contributed by atoms with Crippen molar-refractivity contribution in [1.82, 2.24) is 0 Å². The summed E-state index contributed by atoms with van der Waals surface area (Å²) in [6.45, 7) is 1.34. The fraction of sp³-hybridized carbons (Fsp3) is 0.250. The van der Waals surface area contributed by atoms with Crippen LogP contribution in [0.3, 0.4) is 0 Å². The Labute approximate surface area is 145 Å². The molecule has 0 bridgehead atoms. The van der Waals surface area contributed by atoms with Gasteiger partial charge in [-0.15, -0.1) is 0 Å². The van der Waals surface area contributed by atoms with Crippen LogP contribution in [0.4, 0.5) is 0 Å². The highest BCUT2D eigenvalue weighted by Gasteiger charge is 2.60. The van der Waals surface area contributed by atoms with Crippen molar-refractivity contribution < 1.29 is 24.2 Å². The Bertz CT molecular complexity index is 799. The minimum Gasteiger partial charge on any atom is -0.480 e. The Morgan fingerprint density at radius 3 is 2.16 bits per heavy atom. The predicted molar refractivity (Wildman–Crippen MR) is 89.9 cm³/mol. The normalized spacial score (nSPS) is 25.4. The molecule has 1 aliphatic heterocycles. The molecule has 3 atom stereocenters. The summed E-state index contributed by atoms with van der Waals surface area (Å²) in [5.74, 6) is -3.08. The van der Waals surface area contributed by atoms with Gasteiger partial charge in [0.15, 0.2) is 11.2 Å². The maximum Gasteiger partial charge on any atom is 0.324 e. The first-order valence-corrected chi connectivity index (χ1v) is 8.02. The van der Waals surface area contributed by atoms with Gasteiger partial charge in [-0.25, -0.2) is 0 Å². The first-order valence-electron chi connectivity index (χ1n) is 8.02. The molecular weight excluding hydrogens is 320 g/mol. The van der Waals surface area contributed by atoms with Crippen LogP contribution in [0.25, 0.3) is 0 Å². The zero-order chi connectivity index (χ0) is 18.0. The van der Waals surface area contributed by atoms with Gasteiger partial charge < -0.3 is 9.84 Å². The van der Waals surface area contributed by atoms with Gasteiger partial charge in [0.2, 0.25) is 0 Å². The van der Waals surface area contributed by atoms with Gasteiger partial charge in [0.1, 0.15) is 6.10 Å². The number of carbonyl (C=O) groups excluding carboxylic acids is 2. The number of Topliss-reactive ketones (excluding diaryl/α,β-unsaturated/α-hetero) is 1. The summed E-state index contributed by atoms with van der Waals surface area (Å²) in [5.41, 5.74) is -0.585. The number of aliphatic carboxylic acids is 1. The average molecular weight is 338 g/mol. The van der Waals surface area contributed by atoms with E-state index in [1.165, 1.54) is 6.92 Å². The number of cyclic esters (lactones) is 1. The number of carbonyl (C=O) groups is 3. The number of ketones is 1. The highest BCUT2D eigenvalue weighted by molar-refractivity contribution is 6.03. The van der Waals surface area contributed by atoms with Crippen molar-refractivity contribution in [3.8, 4) is 0 Å². The van der Waals surface area contributed by atoms with Crippen LogP contribution in [-0.2, 0) is 14.3 Å². The molecule has 1 saturated heterocycles. The smallest absolute Gasteiger partial charge is 0.324 e. The summed E-state index contributed by atoms with van der Waals surface area (Å²) in [7, 11) is 0. The molecule has 2 aromatic rings. The van der Waals surface area contributed by atoms with Crippen LogP contribution in [0.1, 0.15) is 35.4 Å². The third-order valence-corrected chi connectivity index (χ3v) is 4.84. The summed E-state index contributed by atoms with van der Waals surface area (Å²) < 4.78 is 5.40. The molecule has 3 rings (SSSR count). The van der Waals surface area contributed by atoms with E-state index >= 15 is 0 Å². The van der Waals surface area contributed by atoms with E-state index in [2.05, 4.69) is 0 Å². The lowest BCUT2D eigenvalue weighted by molar-refractivity contribution is -0.160. The minimum atomic E-state index is -1.76. The maximum atomic E-state index is 12.6. The predicted octanol–water partition coefficient (Wildman–Crippen LogP) is 3.26. The molecule has 0 spiro atoms. The van der Waals surface area contributed by atoms with E-state index in [0.29, 0.717) is 11.1 Å². The van der Waals surface area contributed by atoms with Crippen LogP contribution in [0.15, 0.2) is 60.7 Å². The first-order chi connectivity index (χ1) is 11.9. The summed E-state index contributed by atoms with van der Waals surface area (Å²) in [6.07, 6.45) is -0.847. The van der Waals surface area contributed by atoms with Crippen molar-refractivity contribution in [1.29, 1.82) is 0 Å². The monoisotopic (exact) mass is 338 g/mol. The van der Waals surface area contributed by atoms with E-state index < -0.39 is 29.4 Å². The molecule has 25 heavy (non-hydrogen) atoms. The number of ether oxygens (including phenoxy) is 1. The lowest BCUT2D eigenvalue weighted by Gasteiger charge is -2.25. The van der Waals surface area contributed by atoms with Gasteiger partial charge >= 0.3 is 11.9 Å². The molecule has 5 nitrogen and oxygen atoms in total. The first kappa shape index (κ1) is 16.9. The molecule has 1 aliphatic rings. The van der Waals surface area contributed by atoms with Crippen molar-refractivity contribution in [2.24, 2.45) is 11.3 Å². The molecular formula is C20H18O5. The Morgan fingerprint density at radius 1 is 1.04 bits per heavy atom. The van der Waals surface area contributed by atoms with Gasteiger partial charge in [0, 0.05) is 17.9 Å². The number of carboxylic acids is 1. The fourth-order valence-electron chi connectivity index (χ4n) is 3.22. The average Bonchev–Trinajstić information content (AvgIpc) is 2.89. The molecule has 0 aliphatic carbocycles. The number of hydrogen-bond acceptors (Lipinski definition) is 4. The Morgan fingerprint density at radius 2 is 1.60 bits per heavy atom. The second kappa shape index (κ2) is 6.51. The standard InChI is InChI=1S/C20H18O5/c1-20(18(22)23)15(12-16(21)13-8-4-2-5-9-13)17(25-19(20)24)14-10-6-3-7-11-14/h2-11,15,17H,12H2,1H3,(H,22,23). The summed E-state index contributed by atoms with van der Waals surface area (Å²) >= 11 is 0. The molecule has 0 aromatic heterocycles.